The van der Waals surface area contributed by atoms with Crippen molar-refractivity contribution in [3.63, 3.8) is 0 Å². The molecule has 0 amide bonds. The minimum Gasteiger partial charge on any atom is -0.382 e. The van der Waals surface area contributed by atoms with E-state index in [1.807, 2.05) is 6.07 Å². The first-order valence-corrected chi connectivity index (χ1v) is 7.89. The Kier molecular flexibility index (Phi) is 4.28. The summed E-state index contributed by atoms with van der Waals surface area (Å²) in [6.45, 7) is 1.46. The SMILES string of the molecule is CCC(F)(F)c1cccc(-c2cc(N)nn2-c2cccc(Cl)c2)c1. The fraction of sp³-hybridized carbons (Fsp3) is 0.167. The van der Waals surface area contributed by atoms with Gasteiger partial charge in [0, 0.05) is 28.6 Å². The van der Waals surface area contributed by atoms with Gasteiger partial charge in [0.2, 0.25) is 0 Å². The van der Waals surface area contributed by atoms with Crippen molar-refractivity contribution in [3.8, 4) is 16.9 Å². The fourth-order valence-electron chi connectivity index (χ4n) is 2.52. The van der Waals surface area contributed by atoms with Gasteiger partial charge in [0.1, 0.15) is 5.82 Å². The van der Waals surface area contributed by atoms with Gasteiger partial charge in [-0.15, -0.1) is 0 Å². The zero-order valence-electron chi connectivity index (χ0n) is 13.0. The van der Waals surface area contributed by atoms with E-state index in [0.29, 0.717) is 27.8 Å². The van der Waals surface area contributed by atoms with E-state index in [1.165, 1.54) is 19.1 Å². The van der Waals surface area contributed by atoms with Crippen LogP contribution in [0.4, 0.5) is 14.6 Å². The molecule has 1 aromatic heterocycles. The molecule has 3 rings (SSSR count). The Morgan fingerprint density at radius 1 is 1.12 bits per heavy atom. The number of alkyl halides is 2. The third kappa shape index (κ3) is 3.12. The van der Waals surface area contributed by atoms with Crippen LogP contribution in [0.2, 0.25) is 5.02 Å². The van der Waals surface area contributed by atoms with Crippen LogP contribution in [-0.4, -0.2) is 9.78 Å². The molecule has 3 nitrogen and oxygen atoms in total. The molecule has 1 heterocycles. The van der Waals surface area contributed by atoms with Crippen LogP contribution in [0.15, 0.2) is 54.6 Å². The largest absolute Gasteiger partial charge is 0.382 e. The lowest BCUT2D eigenvalue weighted by molar-refractivity contribution is -0.00824. The number of nitrogen functional groups attached to an aromatic ring is 1. The minimum atomic E-state index is -2.87. The summed E-state index contributed by atoms with van der Waals surface area (Å²) >= 11 is 6.03. The van der Waals surface area contributed by atoms with Gasteiger partial charge in [-0.25, -0.2) is 13.5 Å². The Hall–Kier alpha value is -2.40. The Labute approximate surface area is 143 Å². The highest BCUT2D eigenvalue weighted by Crippen LogP contribution is 2.34. The van der Waals surface area contributed by atoms with Gasteiger partial charge >= 0.3 is 0 Å². The second kappa shape index (κ2) is 6.24. The van der Waals surface area contributed by atoms with Crippen LogP contribution in [0.25, 0.3) is 16.9 Å². The van der Waals surface area contributed by atoms with Gasteiger partial charge in [-0.2, -0.15) is 5.10 Å². The summed E-state index contributed by atoms with van der Waals surface area (Å²) in [5, 5.41) is 4.81. The second-order valence-corrected chi connectivity index (χ2v) is 5.92. The third-order valence-corrected chi connectivity index (χ3v) is 4.04. The van der Waals surface area contributed by atoms with Gasteiger partial charge < -0.3 is 5.73 Å². The van der Waals surface area contributed by atoms with E-state index < -0.39 is 5.92 Å². The van der Waals surface area contributed by atoms with Gasteiger partial charge in [-0.1, -0.05) is 42.8 Å². The molecule has 0 atom stereocenters. The highest BCUT2D eigenvalue weighted by molar-refractivity contribution is 6.30. The monoisotopic (exact) mass is 347 g/mol. The number of aromatic nitrogens is 2. The van der Waals surface area contributed by atoms with Gasteiger partial charge in [0.25, 0.3) is 5.92 Å². The van der Waals surface area contributed by atoms with Crippen LogP contribution >= 0.6 is 11.6 Å². The Bertz CT molecular complexity index is 874. The molecule has 0 fully saturated rings. The van der Waals surface area contributed by atoms with E-state index in [4.69, 9.17) is 17.3 Å². The van der Waals surface area contributed by atoms with Crippen LogP contribution in [0.5, 0.6) is 0 Å². The van der Waals surface area contributed by atoms with Crippen LogP contribution in [0.1, 0.15) is 18.9 Å². The highest BCUT2D eigenvalue weighted by atomic mass is 35.5. The van der Waals surface area contributed by atoms with Gasteiger partial charge in [0.15, 0.2) is 0 Å². The van der Waals surface area contributed by atoms with Gasteiger partial charge in [0.05, 0.1) is 11.4 Å². The fourth-order valence-corrected chi connectivity index (χ4v) is 2.70. The van der Waals surface area contributed by atoms with Crippen molar-refractivity contribution in [1.29, 1.82) is 0 Å². The number of nitrogens with two attached hydrogens (primary N) is 1. The smallest absolute Gasteiger partial charge is 0.273 e. The van der Waals surface area contributed by atoms with Crippen molar-refractivity contribution < 1.29 is 8.78 Å². The number of anilines is 1. The number of hydrogen-bond acceptors (Lipinski definition) is 2. The number of nitrogens with zero attached hydrogens (tertiary/aromatic N) is 2. The summed E-state index contributed by atoms with van der Waals surface area (Å²) in [7, 11) is 0. The number of hydrogen-bond donors (Lipinski definition) is 1. The first-order valence-electron chi connectivity index (χ1n) is 7.51. The van der Waals surface area contributed by atoms with Crippen LogP contribution in [0, 0.1) is 0 Å². The molecule has 2 N–H and O–H groups in total. The molecular formula is C18H16ClF2N3. The van der Waals surface area contributed by atoms with Crippen molar-refractivity contribution in [2.75, 3.05) is 5.73 Å². The van der Waals surface area contributed by atoms with E-state index in [0.717, 1.165) is 0 Å². The van der Waals surface area contributed by atoms with Crippen molar-refractivity contribution in [3.05, 3.63) is 65.2 Å². The highest BCUT2D eigenvalue weighted by Gasteiger charge is 2.29. The topological polar surface area (TPSA) is 43.8 Å². The Morgan fingerprint density at radius 3 is 2.58 bits per heavy atom. The first kappa shape index (κ1) is 16.5. The molecule has 0 saturated heterocycles. The summed E-state index contributed by atoms with van der Waals surface area (Å²) in [5.74, 6) is -2.57. The zero-order chi connectivity index (χ0) is 17.3. The molecule has 0 aliphatic carbocycles. The average molecular weight is 348 g/mol. The van der Waals surface area contributed by atoms with E-state index in [9.17, 15) is 8.78 Å². The Morgan fingerprint density at radius 2 is 1.88 bits per heavy atom. The average Bonchev–Trinajstić information content (AvgIpc) is 2.97. The maximum Gasteiger partial charge on any atom is 0.273 e. The molecule has 0 saturated carbocycles. The lowest BCUT2D eigenvalue weighted by Gasteiger charge is -2.15. The lowest BCUT2D eigenvalue weighted by atomic mass is 10.0. The van der Waals surface area contributed by atoms with E-state index in [2.05, 4.69) is 5.10 Å². The first-order chi connectivity index (χ1) is 11.4. The molecular weight excluding hydrogens is 332 g/mol. The van der Waals surface area contributed by atoms with Crippen molar-refractivity contribution in [1.82, 2.24) is 9.78 Å². The molecule has 0 radical (unpaired) electrons. The van der Waals surface area contributed by atoms with Gasteiger partial charge in [-0.05, 0) is 24.3 Å². The molecule has 0 unspecified atom stereocenters. The molecule has 24 heavy (non-hydrogen) atoms. The number of halogens is 3. The zero-order valence-corrected chi connectivity index (χ0v) is 13.8. The molecule has 0 spiro atoms. The standard InChI is InChI=1S/C18H16ClF2N3/c1-2-18(20,21)13-6-3-5-12(9-13)16-11-17(22)23-24(16)15-8-4-7-14(19)10-15/h3-11H,2H2,1H3,(H2,22,23). The number of rotatable bonds is 4. The van der Waals surface area contributed by atoms with E-state index in [1.54, 1.807) is 41.1 Å². The molecule has 0 aliphatic heterocycles. The minimum absolute atomic E-state index is 0.0279. The van der Waals surface area contributed by atoms with Crippen LogP contribution < -0.4 is 5.73 Å². The van der Waals surface area contributed by atoms with Gasteiger partial charge in [-0.3, -0.25) is 0 Å². The predicted octanol–water partition coefficient (Wildman–Crippen LogP) is 5.28. The summed E-state index contributed by atoms with van der Waals surface area (Å²) in [4.78, 5) is 0. The molecule has 0 bridgehead atoms. The normalized spacial score (nSPS) is 11.7. The molecule has 3 aromatic rings. The third-order valence-electron chi connectivity index (χ3n) is 3.81. The number of benzene rings is 2. The van der Waals surface area contributed by atoms with E-state index in [-0.39, 0.29) is 12.0 Å². The summed E-state index contributed by atoms with van der Waals surface area (Å²) in [6, 6.07) is 15.0. The predicted molar refractivity (Wildman–Crippen MR) is 92.6 cm³/mol. The van der Waals surface area contributed by atoms with Crippen molar-refractivity contribution in [2.45, 2.75) is 19.3 Å². The Balaban J connectivity index is 2.13. The summed E-state index contributed by atoms with van der Waals surface area (Å²) < 4.78 is 29.6. The summed E-state index contributed by atoms with van der Waals surface area (Å²) in [6.07, 6.45) is -0.258. The van der Waals surface area contributed by atoms with E-state index >= 15 is 0 Å². The molecule has 6 heteroatoms. The van der Waals surface area contributed by atoms with Crippen LogP contribution in [0.3, 0.4) is 0 Å². The molecule has 124 valence electrons. The maximum absolute atomic E-state index is 14.0. The summed E-state index contributed by atoms with van der Waals surface area (Å²) in [5.41, 5.74) is 7.76. The second-order valence-electron chi connectivity index (χ2n) is 5.48. The lowest BCUT2D eigenvalue weighted by Crippen LogP contribution is -2.11. The van der Waals surface area contributed by atoms with Crippen molar-refractivity contribution in [2.24, 2.45) is 0 Å². The molecule has 2 aromatic carbocycles. The van der Waals surface area contributed by atoms with Crippen molar-refractivity contribution >= 4 is 17.4 Å². The maximum atomic E-state index is 14.0. The molecule has 0 aliphatic rings. The van der Waals surface area contributed by atoms with Crippen LogP contribution in [-0.2, 0) is 5.92 Å². The quantitative estimate of drug-likeness (QED) is 0.698.